The summed E-state index contributed by atoms with van der Waals surface area (Å²) >= 11 is 0. The number of carbonyl (C=O) groups is 2. The Labute approximate surface area is 142 Å². The van der Waals surface area contributed by atoms with Gasteiger partial charge in [-0.2, -0.15) is 5.10 Å². The van der Waals surface area contributed by atoms with Crippen LogP contribution in [0.3, 0.4) is 0 Å². The average Bonchev–Trinajstić information content (AvgIpc) is 2.55. The van der Waals surface area contributed by atoms with Gasteiger partial charge in [-0.05, 0) is 24.3 Å². The van der Waals surface area contributed by atoms with Gasteiger partial charge in [0.15, 0.2) is 0 Å². The van der Waals surface area contributed by atoms with E-state index in [0.29, 0.717) is 5.69 Å². The van der Waals surface area contributed by atoms with Gasteiger partial charge in [0.2, 0.25) is 5.91 Å². The first-order chi connectivity index (χ1) is 11.9. The maximum atomic E-state index is 12.0. The lowest BCUT2D eigenvalue weighted by molar-refractivity contribution is -0.384. The predicted molar refractivity (Wildman–Crippen MR) is 90.6 cm³/mol. The lowest BCUT2D eigenvalue weighted by Gasteiger charge is -2.04. The van der Waals surface area contributed by atoms with Gasteiger partial charge >= 0.3 is 0 Å². The highest BCUT2D eigenvalue weighted by Crippen LogP contribution is 2.21. The number of rotatable bonds is 5. The molecule has 128 valence electrons. The number of nitro groups is 1. The first-order valence-electron chi connectivity index (χ1n) is 7.05. The Kier molecular flexibility index (Phi) is 5.41. The van der Waals surface area contributed by atoms with Gasteiger partial charge in [0.25, 0.3) is 11.6 Å². The van der Waals surface area contributed by atoms with E-state index in [9.17, 15) is 24.8 Å². The lowest BCUT2D eigenvalue weighted by atomic mass is 10.2. The van der Waals surface area contributed by atoms with Crippen LogP contribution in [0.4, 0.5) is 11.4 Å². The fourth-order valence-corrected chi connectivity index (χ4v) is 1.93. The Hall–Kier alpha value is -3.75. The molecule has 2 rings (SSSR count). The normalized spacial score (nSPS) is 10.4. The fraction of sp³-hybridized carbons (Fsp3) is 0.0625. The smallest absolute Gasteiger partial charge is 0.271 e. The summed E-state index contributed by atoms with van der Waals surface area (Å²) in [5.74, 6) is -1.03. The van der Waals surface area contributed by atoms with E-state index in [2.05, 4.69) is 15.8 Å². The summed E-state index contributed by atoms with van der Waals surface area (Å²) in [6, 6.07) is 9.66. The number of hydrogen-bond acceptors (Lipinski definition) is 6. The number of hydrazone groups is 1. The highest BCUT2D eigenvalue weighted by molar-refractivity contribution is 5.97. The molecule has 0 bridgehead atoms. The van der Waals surface area contributed by atoms with Gasteiger partial charge in [-0.25, -0.2) is 5.43 Å². The second-order valence-electron chi connectivity index (χ2n) is 4.96. The molecule has 0 heterocycles. The predicted octanol–water partition coefficient (Wildman–Crippen LogP) is 2.02. The maximum Gasteiger partial charge on any atom is 0.271 e. The molecule has 0 radical (unpaired) electrons. The van der Waals surface area contributed by atoms with E-state index < -0.39 is 10.8 Å². The number of nitro benzene ring substituents is 1. The van der Waals surface area contributed by atoms with Crippen molar-refractivity contribution in [2.75, 3.05) is 5.32 Å². The van der Waals surface area contributed by atoms with Crippen LogP contribution in [0.5, 0.6) is 5.75 Å². The third kappa shape index (κ3) is 4.86. The second kappa shape index (κ2) is 7.68. The Morgan fingerprint density at radius 1 is 1.24 bits per heavy atom. The molecule has 9 nitrogen and oxygen atoms in total. The van der Waals surface area contributed by atoms with Crippen molar-refractivity contribution in [3.8, 4) is 5.75 Å². The van der Waals surface area contributed by atoms with Gasteiger partial charge in [0.05, 0.1) is 11.1 Å². The van der Waals surface area contributed by atoms with Gasteiger partial charge in [0.1, 0.15) is 5.75 Å². The highest BCUT2D eigenvalue weighted by atomic mass is 16.6. The second-order valence-corrected chi connectivity index (χ2v) is 4.96. The molecule has 2 amide bonds. The molecule has 3 N–H and O–H groups in total. The molecule has 2 aromatic rings. The summed E-state index contributed by atoms with van der Waals surface area (Å²) in [5, 5.41) is 26.6. The first-order valence-corrected chi connectivity index (χ1v) is 7.05. The number of nitrogens with one attached hydrogen (secondary N) is 2. The zero-order valence-corrected chi connectivity index (χ0v) is 13.1. The number of non-ortho nitro benzene ring substituents is 1. The number of phenols is 1. The van der Waals surface area contributed by atoms with Gasteiger partial charge in [-0.1, -0.05) is 6.07 Å². The van der Waals surface area contributed by atoms with Crippen molar-refractivity contribution in [1.29, 1.82) is 0 Å². The quantitative estimate of drug-likeness (QED) is 0.434. The zero-order valence-electron chi connectivity index (χ0n) is 13.1. The van der Waals surface area contributed by atoms with Crippen LogP contribution in [0.15, 0.2) is 47.6 Å². The van der Waals surface area contributed by atoms with E-state index in [1.165, 1.54) is 19.1 Å². The van der Waals surface area contributed by atoms with Gasteiger partial charge in [-0.3, -0.25) is 19.7 Å². The van der Waals surface area contributed by atoms with Crippen LogP contribution in [-0.2, 0) is 4.79 Å². The molecule has 0 aliphatic rings. The van der Waals surface area contributed by atoms with Crippen LogP contribution in [0.25, 0.3) is 0 Å². The first kappa shape index (κ1) is 17.6. The Morgan fingerprint density at radius 3 is 2.68 bits per heavy atom. The van der Waals surface area contributed by atoms with E-state index in [1.807, 2.05) is 0 Å². The number of amides is 2. The van der Waals surface area contributed by atoms with Crippen molar-refractivity contribution in [2.24, 2.45) is 5.10 Å². The summed E-state index contributed by atoms with van der Waals surface area (Å²) < 4.78 is 0. The van der Waals surface area contributed by atoms with Crippen LogP contribution >= 0.6 is 0 Å². The minimum atomic E-state index is -0.608. The van der Waals surface area contributed by atoms with Gasteiger partial charge in [-0.15, -0.1) is 0 Å². The van der Waals surface area contributed by atoms with Crippen LogP contribution in [0.2, 0.25) is 0 Å². The van der Waals surface area contributed by atoms with Crippen molar-refractivity contribution in [3.05, 3.63) is 63.7 Å². The van der Waals surface area contributed by atoms with E-state index in [4.69, 9.17) is 0 Å². The van der Waals surface area contributed by atoms with Crippen LogP contribution in [0.1, 0.15) is 22.8 Å². The van der Waals surface area contributed by atoms with Crippen LogP contribution in [-0.4, -0.2) is 28.1 Å². The SMILES string of the molecule is CC(=O)Nc1cccc(C(=O)NN=Cc2cc([N+](=O)[O-])ccc2O)c1. The molecule has 0 aliphatic carbocycles. The number of anilines is 1. The average molecular weight is 342 g/mol. The zero-order chi connectivity index (χ0) is 18.4. The summed E-state index contributed by atoms with van der Waals surface area (Å²) in [6.07, 6.45) is 1.10. The summed E-state index contributed by atoms with van der Waals surface area (Å²) in [4.78, 5) is 33.2. The summed E-state index contributed by atoms with van der Waals surface area (Å²) in [7, 11) is 0. The van der Waals surface area contributed by atoms with Crippen molar-refractivity contribution in [2.45, 2.75) is 6.92 Å². The Morgan fingerprint density at radius 2 is 2.00 bits per heavy atom. The van der Waals surface area contributed by atoms with Crippen molar-refractivity contribution < 1.29 is 19.6 Å². The van der Waals surface area contributed by atoms with Crippen molar-refractivity contribution in [1.82, 2.24) is 5.43 Å². The molecular formula is C16H14N4O5. The summed E-state index contributed by atoms with van der Waals surface area (Å²) in [6.45, 7) is 1.35. The fourth-order valence-electron chi connectivity index (χ4n) is 1.93. The van der Waals surface area contributed by atoms with E-state index in [-0.39, 0.29) is 28.5 Å². The Balaban J connectivity index is 2.09. The largest absolute Gasteiger partial charge is 0.507 e. The van der Waals surface area contributed by atoms with Crippen molar-refractivity contribution in [3.63, 3.8) is 0 Å². The van der Waals surface area contributed by atoms with E-state index >= 15 is 0 Å². The van der Waals surface area contributed by atoms with E-state index in [0.717, 1.165) is 24.4 Å². The topological polar surface area (TPSA) is 134 Å². The molecule has 0 saturated heterocycles. The third-order valence-electron chi connectivity index (χ3n) is 3.04. The number of aromatic hydroxyl groups is 1. The molecule has 25 heavy (non-hydrogen) atoms. The minimum Gasteiger partial charge on any atom is -0.507 e. The molecule has 0 atom stereocenters. The number of benzene rings is 2. The Bertz CT molecular complexity index is 863. The molecule has 0 saturated carbocycles. The van der Waals surface area contributed by atoms with Crippen molar-refractivity contribution >= 4 is 29.4 Å². The number of nitrogens with zero attached hydrogens (tertiary/aromatic N) is 2. The van der Waals surface area contributed by atoms with Crippen LogP contribution < -0.4 is 10.7 Å². The number of carbonyl (C=O) groups excluding carboxylic acids is 2. The standard InChI is InChI=1S/C16H14N4O5/c1-10(21)18-13-4-2-3-11(7-13)16(23)19-17-9-12-8-14(20(24)25)5-6-15(12)22/h2-9,22H,1H3,(H,18,21)(H,19,23). The molecule has 0 unspecified atom stereocenters. The molecule has 2 aromatic carbocycles. The molecular weight excluding hydrogens is 328 g/mol. The monoisotopic (exact) mass is 342 g/mol. The van der Waals surface area contributed by atoms with Gasteiger partial charge in [0, 0.05) is 35.9 Å². The highest BCUT2D eigenvalue weighted by Gasteiger charge is 2.09. The summed E-state index contributed by atoms with van der Waals surface area (Å²) in [5.41, 5.74) is 2.83. The molecule has 0 aromatic heterocycles. The van der Waals surface area contributed by atoms with E-state index in [1.54, 1.807) is 12.1 Å². The lowest BCUT2D eigenvalue weighted by Crippen LogP contribution is -2.18. The van der Waals surface area contributed by atoms with Crippen LogP contribution in [0, 0.1) is 10.1 Å². The molecule has 9 heteroatoms. The van der Waals surface area contributed by atoms with Gasteiger partial charge < -0.3 is 10.4 Å². The maximum absolute atomic E-state index is 12.0. The molecule has 0 spiro atoms. The third-order valence-corrected chi connectivity index (χ3v) is 3.04. The molecule has 0 aliphatic heterocycles. The number of phenolic OH excluding ortho intramolecular Hbond substituents is 1. The minimum absolute atomic E-state index is 0.0847. The number of hydrogen-bond donors (Lipinski definition) is 3. The molecule has 0 fully saturated rings.